The summed E-state index contributed by atoms with van der Waals surface area (Å²) in [6, 6.07) is 14.4. The lowest BCUT2D eigenvalue weighted by Gasteiger charge is -2.25. The van der Waals surface area contributed by atoms with Gasteiger partial charge in [0.15, 0.2) is 0 Å². The molecule has 0 radical (unpaired) electrons. The van der Waals surface area contributed by atoms with Crippen molar-refractivity contribution in [3.05, 3.63) is 59.6 Å². The van der Waals surface area contributed by atoms with E-state index in [0.29, 0.717) is 10.7 Å². The summed E-state index contributed by atoms with van der Waals surface area (Å²) in [6.07, 6.45) is 0.758. The van der Waals surface area contributed by atoms with Crippen LogP contribution in [0.1, 0.15) is 20.3 Å². The lowest BCUT2D eigenvalue weighted by atomic mass is 10.2. The zero-order valence-electron chi connectivity index (χ0n) is 14.1. The molecule has 2 rings (SSSR count). The van der Waals surface area contributed by atoms with Crippen molar-refractivity contribution in [1.82, 2.24) is 5.32 Å². The first-order chi connectivity index (χ1) is 11.8. The number of hydrogen-bond acceptors (Lipinski definition) is 3. The van der Waals surface area contributed by atoms with Crippen molar-refractivity contribution >= 4 is 33.2 Å². The van der Waals surface area contributed by atoms with Gasteiger partial charge in [-0.05, 0) is 43.7 Å². The maximum Gasteiger partial charge on any atom is 0.264 e. The van der Waals surface area contributed by atoms with Crippen LogP contribution < -0.4 is 9.62 Å². The Hall–Kier alpha value is -2.05. The van der Waals surface area contributed by atoms with E-state index in [1.54, 1.807) is 36.4 Å². The molecule has 134 valence electrons. The van der Waals surface area contributed by atoms with E-state index < -0.39 is 10.0 Å². The highest BCUT2D eigenvalue weighted by Gasteiger charge is 2.27. The van der Waals surface area contributed by atoms with Gasteiger partial charge in [-0.1, -0.05) is 42.8 Å². The van der Waals surface area contributed by atoms with Gasteiger partial charge in [-0.25, -0.2) is 8.42 Å². The molecule has 2 aromatic carbocycles. The van der Waals surface area contributed by atoms with E-state index in [1.807, 2.05) is 13.8 Å². The van der Waals surface area contributed by atoms with Gasteiger partial charge in [0.2, 0.25) is 5.91 Å². The van der Waals surface area contributed by atoms with Crippen LogP contribution in [-0.2, 0) is 14.8 Å². The summed E-state index contributed by atoms with van der Waals surface area (Å²) in [5, 5.41) is 3.19. The SMILES string of the molecule is CC[C@H](C)NC(=O)CN(c1cccc(Cl)c1)S(=O)(=O)c1ccccc1. The van der Waals surface area contributed by atoms with Gasteiger partial charge in [0.1, 0.15) is 6.54 Å². The first-order valence-electron chi connectivity index (χ1n) is 7.97. The molecule has 0 aliphatic rings. The molecular weight excluding hydrogens is 360 g/mol. The van der Waals surface area contributed by atoms with Crippen LogP contribution in [0.5, 0.6) is 0 Å². The first-order valence-corrected chi connectivity index (χ1v) is 9.79. The van der Waals surface area contributed by atoms with Gasteiger partial charge < -0.3 is 5.32 Å². The summed E-state index contributed by atoms with van der Waals surface area (Å²) in [6.45, 7) is 3.50. The Kier molecular flexibility index (Phi) is 6.45. The number of nitrogens with one attached hydrogen (secondary N) is 1. The van der Waals surface area contributed by atoms with Crippen LogP contribution in [0.4, 0.5) is 5.69 Å². The number of carbonyl (C=O) groups is 1. The van der Waals surface area contributed by atoms with Crippen molar-refractivity contribution in [2.24, 2.45) is 0 Å². The van der Waals surface area contributed by atoms with E-state index in [9.17, 15) is 13.2 Å². The third-order valence-corrected chi connectivity index (χ3v) is 5.76. The molecule has 1 N–H and O–H groups in total. The second-order valence-corrected chi connectivity index (χ2v) is 7.98. The molecule has 2 aromatic rings. The lowest BCUT2D eigenvalue weighted by molar-refractivity contribution is -0.120. The summed E-state index contributed by atoms with van der Waals surface area (Å²) < 4.78 is 27.2. The minimum atomic E-state index is -3.89. The first kappa shape index (κ1) is 19.3. The molecule has 0 spiro atoms. The van der Waals surface area contributed by atoms with Crippen molar-refractivity contribution in [3.8, 4) is 0 Å². The van der Waals surface area contributed by atoms with Crippen molar-refractivity contribution in [1.29, 1.82) is 0 Å². The minimum Gasteiger partial charge on any atom is -0.352 e. The fourth-order valence-corrected chi connectivity index (χ4v) is 3.84. The summed E-state index contributed by atoms with van der Waals surface area (Å²) in [5.74, 6) is -0.367. The number of carbonyl (C=O) groups excluding carboxylic acids is 1. The van der Waals surface area contributed by atoms with Crippen molar-refractivity contribution in [3.63, 3.8) is 0 Å². The van der Waals surface area contributed by atoms with Crippen molar-refractivity contribution < 1.29 is 13.2 Å². The molecular formula is C18H21ClN2O3S. The van der Waals surface area contributed by atoms with Gasteiger partial charge in [-0.3, -0.25) is 9.10 Å². The number of rotatable bonds is 7. The van der Waals surface area contributed by atoms with Crippen molar-refractivity contribution in [2.75, 3.05) is 10.8 Å². The molecule has 0 unspecified atom stereocenters. The molecule has 0 saturated carbocycles. The van der Waals surface area contributed by atoms with Gasteiger partial charge in [0, 0.05) is 11.1 Å². The molecule has 0 fully saturated rings. The number of hydrogen-bond donors (Lipinski definition) is 1. The summed E-state index contributed by atoms with van der Waals surface area (Å²) in [7, 11) is -3.89. The van der Waals surface area contributed by atoms with E-state index >= 15 is 0 Å². The van der Waals surface area contributed by atoms with Crippen LogP contribution in [-0.4, -0.2) is 26.9 Å². The molecule has 0 saturated heterocycles. The average Bonchev–Trinajstić information content (AvgIpc) is 2.60. The summed E-state index contributed by atoms with van der Waals surface area (Å²) in [5.41, 5.74) is 0.343. The third kappa shape index (κ3) is 4.96. The minimum absolute atomic E-state index is 0.0341. The van der Waals surface area contributed by atoms with E-state index in [0.717, 1.165) is 10.7 Å². The molecule has 7 heteroatoms. The highest BCUT2D eigenvalue weighted by atomic mass is 35.5. The fraction of sp³-hybridized carbons (Fsp3) is 0.278. The molecule has 25 heavy (non-hydrogen) atoms. The Labute approximate surface area is 153 Å². The van der Waals surface area contributed by atoms with Gasteiger partial charge >= 0.3 is 0 Å². The summed E-state index contributed by atoms with van der Waals surface area (Å²) >= 11 is 6.01. The second-order valence-electron chi connectivity index (χ2n) is 5.68. The zero-order valence-corrected chi connectivity index (χ0v) is 15.7. The van der Waals surface area contributed by atoms with E-state index in [-0.39, 0.29) is 23.4 Å². The largest absolute Gasteiger partial charge is 0.352 e. The predicted molar refractivity (Wildman–Crippen MR) is 100 cm³/mol. The highest BCUT2D eigenvalue weighted by molar-refractivity contribution is 7.92. The zero-order chi connectivity index (χ0) is 18.4. The molecule has 0 bridgehead atoms. The monoisotopic (exact) mass is 380 g/mol. The summed E-state index contributed by atoms with van der Waals surface area (Å²) in [4.78, 5) is 12.4. The Morgan fingerprint density at radius 3 is 2.44 bits per heavy atom. The molecule has 5 nitrogen and oxygen atoms in total. The Bertz CT molecular complexity index is 825. The normalized spacial score (nSPS) is 12.4. The topological polar surface area (TPSA) is 66.5 Å². The number of sulfonamides is 1. The number of amides is 1. The van der Waals surface area contributed by atoms with Crippen molar-refractivity contribution in [2.45, 2.75) is 31.2 Å². The quantitative estimate of drug-likeness (QED) is 0.800. The molecule has 0 aromatic heterocycles. The predicted octanol–water partition coefficient (Wildman–Crippen LogP) is 3.45. The van der Waals surface area contributed by atoms with Crippen LogP contribution >= 0.6 is 11.6 Å². The van der Waals surface area contributed by atoms with E-state index in [1.165, 1.54) is 18.2 Å². The van der Waals surface area contributed by atoms with Crippen LogP contribution in [0.3, 0.4) is 0 Å². The second kappa shape index (κ2) is 8.36. The lowest BCUT2D eigenvalue weighted by Crippen LogP contribution is -2.43. The highest BCUT2D eigenvalue weighted by Crippen LogP contribution is 2.25. The van der Waals surface area contributed by atoms with Gasteiger partial charge in [-0.2, -0.15) is 0 Å². The number of benzene rings is 2. The molecule has 1 atom stereocenters. The Morgan fingerprint density at radius 2 is 1.84 bits per heavy atom. The van der Waals surface area contributed by atoms with Crippen LogP contribution in [0.15, 0.2) is 59.5 Å². The van der Waals surface area contributed by atoms with E-state index in [2.05, 4.69) is 5.32 Å². The smallest absolute Gasteiger partial charge is 0.264 e. The Balaban J connectivity index is 2.41. The standard InChI is InChI=1S/C18H21ClN2O3S/c1-3-14(2)20-18(22)13-21(16-9-7-8-15(19)12-16)25(23,24)17-10-5-4-6-11-17/h4-12,14H,3,13H2,1-2H3,(H,20,22)/t14-/m0/s1. The van der Waals surface area contributed by atoms with Crippen LogP contribution in [0.25, 0.3) is 0 Å². The number of halogens is 1. The van der Waals surface area contributed by atoms with Crippen LogP contribution in [0.2, 0.25) is 5.02 Å². The van der Waals surface area contributed by atoms with Gasteiger partial charge in [0.05, 0.1) is 10.6 Å². The number of anilines is 1. The third-order valence-electron chi connectivity index (χ3n) is 3.73. The maximum absolute atomic E-state index is 13.0. The number of nitrogens with zero attached hydrogens (tertiary/aromatic N) is 1. The van der Waals surface area contributed by atoms with Gasteiger partial charge in [0.25, 0.3) is 10.0 Å². The maximum atomic E-state index is 13.0. The molecule has 1 amide bonds. The van der Waals surface area contributed by atoms with Crippen LogP contribution in [0, 0.1) is 0 Å². The Morgan fingerprint density at radius 1 is 1.16 bits per heavy atom. The fourth-order valence-electron chi connectivity index (χ4n) is 2.22. The molecule has 0 aliphatic carbocycles. The average molecular weight is 381 g/mol. The molecule has 0 aliphatic heterocycles. The van der Waals surface area contributed by atoms with E-state index in [4.69, 9.17) is 11.6 Å². The molecule has 0 heterocycles. The van der Waals surface area contributed by atoms with Gasteiger partial charge in [-0.15, -0.1) is 0 Å².